The van der Waals surface area contributed by atoms with Crippen molar-refractivity contribution >= 4 is 18.4 Å². The molecule has 0 saturated heterocycles. The summed E-state index contributed by atoms with van der Waals surface area (Å²) < 4.78 is 0. The zero-order valence-corrected chi connectivity index (χ0v) is 36.3. The summed E-state index contributed by atoms with van der Waals surface area (Å²) in [5.41, 5.74) is 19.6. The zero-order valence-electron chi connectivity index (χ0n) is 35.3. The molecule has 0 unspecified atom stereocenters. The molecule has 0 spiro atoms. The minimum absolute atomic E-state index is 0.739. The summed E-state index contributed by atoms with van der Waals surface area (Å²) in [6.07, 6.45) is 0. The number of rotatable bonds is 8. The molecule has 9 aromatic carbocycles. The summed E-state index contributed by atoms with van der Waals surface area (Å²) in [4.78, 5) is 11.0. The summed E-state index contributed by atoms with van der Waals surface area (Å²) >= 11 is 0. The van der Waals surface area contributed by atoms with Crippen LogP contribution in [0.2, 0.25) is 13.1 Å². The van der Waals surface area contributed by atoms with E-state index < -0.39 is 8.07 Å². The Balaban J connectivity index is 1.03. The van der Waals surface area contributed by atoms with Crippen molar-refractivity contribution < 1.29 is 0 Å². The van der Waals surface area contributed by atoms with Gasteiger partial charge in [0.2, 0.25) is 0 Å². The highest BCUT2D eigenvalue weighted by atomic mass is 28.3. The molecule has 0 N–H and O–H groups in total. The Morgan fingerprint density at radius 1 is 0.270 bits per heavy atom. The molecule has 0 fully saturated rings. The molecule has 63 heavy (non-hydrogen) atoms. The van der Waals surface area contributed by atoms with E-state index in [9.17, 15) is 0 Å². The smallest absolute Gasteiger partial charge is 0.160 e. The highest BCUT2D eigenvalue weighted by molar-refractivity contribution is 7.04. The molecule has 0 aliphatic carbocycles. The van der Waals surface area contributed by atoms with Gasteiger partial charge < -0.3 is 0 Å². The molecule has 11 rings (SSSR count). The molecular weight excluding hydrogens is 777 g/mol. The average molecular weight is 821 g/mol. The molecule has 0 amide bonds. The van der Waals surface area contributed by atoms with Gasteiger partial charge in [0, 0.05) is 11.1 Å². The summed E-state index contributed by atoms with van der Waals surface area (Å²) in [5.74, 6) is 0.739. The third kappa shape index (κ3) is 7.23. The monoisotopic (exact) mass is 820 g/mol. The van der Waals surface area contributed by atoms with Crippen LogP contribution in [-0.4, -0.2) is 18.0 Å². The van der Waals surface area contributed by atoms with Crippen molar-refractivity contribution in [3.63, 3.8) is 0 Å². The fourth-order valence-corrected chi connectivity index (χ4v) is 12.6. The lowest BCUT2D eigenvalue weighted by molar-refractivity contribution is 1.20. The first-order valence-electron chi connectivity index (χ1n) is 21.7. The van der Waals surface area contributed by atoms with Gasteiger partial charge in [-0.1, -0.05) is 207 Å². The van der Waals surface area contributed by atoms with Crippen LogP contribution in [0.25, 0.3) is 101 Å². The second-order valence-corrected chi connectivity index (χ2v) is 21.3. The fraction of sp³-hybridized carbons (Fsp3) is 0.0333. The number of hydrogen-bond donors (Lipinski definition) is 0. The molecule has 0 saturated carbocycles. The summed E-state index contributed by atoms with van der Waals surface area (Å²) in [5, 5.41) is 2.72. The van der Waals surface area contributed by atoms with Crippen LogP contribution in [-0.2, 0) is 0 Å². The maximum Gasteiger partial charge on any atom is 0.160 e. The lowest BCUT2D eigenvalue weighted by Crippen LogP contribution is -2.50. The Hall–Kier alpha value is -7.72. The standard InChI is InChI=1S/C60H44N2Si/c1-63(2)56-30-13-12-29-55(56)58-59(63)57(50-27-15-24-47(36-50)42-19-8-4-9-20-42)61-60(62-58)51-28-16-26-49(37-51)54-39-52(43-21-10-5-11-22-43)38-53(40-54)48-25-14-23-46(35-48)45-33-31-44(32-34-45)41-17-6-3-7-18-41/h3-40H,1-2H3. The van der Waals surface area contributed by atoms with Crippen molar-refractivity contribution in [3.8, 4) is 101 Å². The van der Waals surface area contributed by atoms with Crippen LogP contribution in [0.5, 0.6) is 0 Å². The molecule has 1 aromatic heterocycles. The third-order valence-electron chi connectivity index (χ3n) is 12.6. The Kier molecular flexibility index (Phi) is 9.68. The molecule has 3 heteroatoms. The van der Waals surface area contributed by atoms with E-state index in [4.69, 9.17) is 9.97 Å². The van der Waals surface area contributed by atoms with E-state index in [1.54, 1.807) is 0 Å². The molecule has 298 valence electrons. The number of aromatic nitrogens is 2. The van der Waals surface area contributed by atoms with Crippen molar-refractivity contribution in [1.82, 2.24) is 9.97 Å². The lowest BCUT2D eigenvalue weighted by Gasteiger charge is -2.22. The average Bonchev–Trinajstić information content (AvgIpc) is 3.60. The van der Waals surface area contributed by atoms with Crippen LogP contribution in [0.15, 0.2) is 231 Å². The van der Waals surface area contributed by atoms with Gasteiger partial charge in [0.05, 0.1) is 11.4 Å². The predicted molar refractivity (Wildman–Crippen MR) is 268 cm³/mol. The van der Waals surface area contributed by atoms with Gasteiger partial charge in [-0.3, -0.25) is 0 Å². The molecule has 0 bridgehead atoms. The van der Waals surface area contributed by atoms with Gasteiger partial charge in [-0.05, 0) is 119 Å². The summed E-state index contributed by atoms with van der Waals surface area (Å²) in [6, 6.07) is 83.2. The van der Waals surface area contributed by atoms with Crippen molar-refractivity contribution in [2.45, 2.75) is 13.1 Å². The molecule has 2 heterocycles. The van der Waals surface area contributed by atoms with E-state index in [1.807, 2.05) is 0 Å². The van der Waals surface area contributed by atoms with E-state index >= 15 is 0 Å². The molecular formula is C60H44N2Si. The van der Waals surface area contributed by atoms with Crippen LogP contribution in [0.3, 0.4) is 0 Å². The minimum atomic E-state index is -2.14. The molecule has 0 radical (unpaired) electrons. The number of benzene rings is 9. The van der Waals surface area contributed by atoms with Crippen LogP contribution in [0.4, 0.5) is 0 Å². The fourth-order valence-electron chi connectivity index (χ4n) is 9.39. The highest BCUT2D eigenvalue weighted by Crippen LogP contribution is 2.38. The second-order valence-electron chi connectivity index (χ2n) is 17.0. The summed E-state index contributed by atoms with van der Waals surface area (Å²) in [7, 11) is -2.14. The van der Waals surface area contributed by atoms with Crippen LogP contribution in [0.1, 0.15) is 0 Å². The van der Waals surface area contributed by atoms with E-state index in [2.05, 4.69) is 244 Å². The number of hydrogen-bond acceptors (Lipinski definition) is 2. The van der Waals surface area contributed by atoms with Gasteiger partial charge in [0.1, 0.15) is 8.07 Å². The zero-order chi connectivity index (χ0) is 42.3. The van der Waals surface area contributed by atoms with Gasteiger partial charge in [-0.25, -0.2) is 9.97 Å². The van der Waals surface area contributed by atoms with E-state index in [-0.39, 0.29) is 0 Å². The molecule has 1 aliphatic heterocycles. The van der Waals surface area contributed by atoms with Crippen molar-refractivity contribution in [1.29, 1.82) is 0 Å². The van der Waals surface area contributed by atoms with Gasteiger partial charge in [0.25, 0.3) is 0 Å². The van der Waals surface area contributed by atoms with Crippen molar-refractivity contribution in [3.05, 3.63) is 231 Å². The maximum absolute atomic E-state index is 5.55. The topological polar surface area (TPSA) is 25.8 Å². The second kappa shape index (κ2) is 16.0. The first kappa shape index (κ1) is 38.2. The summed E-state index contributed by atoms with van der Waals surface area (Å²) in [6.45, 7) is 4.89. The van der Waals surface area contributed by atoms with Crippen LogP contribution < -0.4 is 10.4 Å². The van der Waals surface area contributed by atoms with E-state index in [0.717, 1.165) is 45.0 Å². The number of nitrogens with zero attached hydrogens (tertiary/aromatic N) is 2. The maximum atomic E-state index is 5.55. The van der Waals surface area contributed by atoms with Crippen molar-refractivity contribution in [2.75, 3.05) is 0 Å². The molecule has 10 aromatic rings. The largest absolute Gasteiger partial charge is 0.228 e. The Labute approximate surface area is 370 Å². The van der Waals surface area contributed by atoms with Crippen molar-refractivity contribution in [2.24, 2.45) is 0 Å². The van der Waals surface area contributed by atoms with Gasteiger partial charge in [0.15, 0.2) is 5.82 Å². The van der Waals surface area contributed by atoms with E-state index in [0.29, 0.717) is 0 Å². The molecule has 1 aliphatic rings. The molecule has 0 atom stereocenters. The minimum Gasteiger partial charge on any atom is -0.228 e. The quantitative estimate of drug-likeness (QED) is 0.143. The van der Waals surface area contributed by atoms with Gasteiger partial charge in [-0.15, -0.1) is 0 Å². The number of fused-ring (bicyclic) bond motifs is 3. The highest BCUT2D eigenvalue weighted by Gasteiger charge is 2.41. The van der Waals surface area contributed by atoms with Crippen LogP contribution >= 0.6 is 0 Å². The molecule has 2 nitrogen and oxygen atoms in total. The SMILES string of the molecule is C[Si]1(C)c2ccccc2-c2nc(-c3cccc(-c4cc(-c5ccccc5)cc(-c5cccc(-c6ccc(-c7ccccc7)cc6)c5)c4)c3)nc(-c3cccc(-c4ccccc4)c3)c21. The predicted octanol–water partition coefficient (Wildman–Crippen LogP) is 14.6. The van der Waals surface area contributed by atoms with Gasteiger partial charge >= 0.3 is 0 Å². The van der Waals surface area contributed by atoms with Gasteiger partial charge in [-0.2, -0.15) is 0 Å². The Morgan fingerprint density at radius 3 is 1.17 bits per heavy atom. The normalized spacial score (nSPS) is 12.4. The first-order chi connectivity index (χ1) is 31.0. The first-order valence-corrected chi connectivity index (χ1v) is 24.7. The lowest BCUT2D eigenvalue weighted by atomic mass is 9.91. The Bertz CT molecular complexity index is 3280. The van der Waals surface area contributed by atoms with Crippen LogP contribution in [0, 0.1) is 0 Å². The third-order valence-corrected chi connectivity index (χ3v) is 16.2. The Morgan fingerprint density at radius 2 is 0.603 bits per heavy atom. The van der Waals surface area contributed by atoms with E-state index in [1.165, 1.54) is 66.0 Å².